The van der Waals surface area contributed by atoms with Gasteiger partial charge in [-0.25, -0.2) is 4.98 Å². The Labute approximate surface area is 205 Å². The molecule has 0 aliphatic heterocycles. The smallest absolute Gasteiger partial charge is 0.224 e. The average molecular weight is 473 g/mol. The van der Waals surface area contributed by atoms with Crippen LogP contribution >= 0.6 is 0 Å². The van der Waals surface area contributed by atoms with E-state index < -0.39 is 0 Å². The Morgan fingerprint density at radius 1 is 1.11 bits per heavy atom. The van der Waals surface area contributed by atoms with E-state index in [0.717, 1.165) is 52.4 Å². The largest absolute Gasteiger partial charge is 0.496 e. The number of nitrogens with two attached hydrogens (primary N) is 2. The molecule has 0 radical (unpaired) electrons. The zero-order valence-electron chi connectivity index (χ0n) is 20.2. The van der Waals surface area contributed by atoms with Gasteiger partial charge in [0.2, 0.25) is 5.95 Å². The van der Waals surface area contributed by atoms with E-state index in [2.05, 4.69) is 24.8 Å². The highest BCUT2D eigenvalue weighted by Gasteiger charge is 2.26. The van der Waals surface area contributed by atoms with E-state index >= 15 is 0 Å². The Balaban J connectivity index is 1.42. The van der Waals surface area contributed by atoms with E-state index in [0.29, 0.717) is 24.8 Å². The quantitative estimate of drug-likeness (QED) is 0.349. The molecular formula is C26H32N8O. The topological polar surface area (TPSA) is 130 Å². The van der Waals surface area contributed by atoms with Crippen molar-refractivity contribution in [3.63, 3.8) is 0 Å². The maximum atomic E-state index is 6.14. The molecular weight excluding hydrogens is 440 g/mol. The van der Waals surface area contributed by atoms with E-state index in [1.165, 1.54) is 12.8 Å². The number of hydrogen-bond donors (Lipinski definition) is 3. The van der Waals surface area contributed by atoms with Gasteiger partial charge in [-0.2, -0.15) is 9.97 Å². The Bertz CT molecular complexity index is 1310. The standard InChI is InChI=1S/C26H32N8O/c1-16(27)13-22-31-23-24(32-26(28)33-25(23)34(22)18-7-3-4-8-18)30-15-17-11-12-20(29-14-17)19-9-5-6-10-21(19)35-2/h5-6,9-12,14,16,18H,3-4,7-8,13,15,27H2,1-2H3,(H3,28,30,32,33). The summed E-state index contributed by atoms with van der Waals surface area (Å²) in [6.45, 7) is 2.53. The molecule has 1 aromatic carbocycles. The van der Waals surface area contributed by atoms with Crippen molar-refractivity contribution in [1.29, 1.82) is 0 Å². The molecule has 1 aliphatic carbocycles. The fourth-order valence-corrected chi connectivity index (χ4v) is 4.87. The lowest BCUT2D eigenvalue weighted by Gasteiger charge is -2.16. The zero-order valence-corrected chi connectivity index (χ0v) is 20.2. The number of aromatic nitrogens is 5. The number of imidazole rings is 1. The highest BCUT2D eigenvalue weighted by molar-refractivity contribution is 5.85. The second-order valence-electron chi connectivity index (χ2n) is 9.23. The summed E-state index contributed by atoms with van der Waals surface area (Å²) in [5.41, 5.74) is 16.6. The van der Waals surface area contributed by atoms with Crippen LogP contribution in [-0.4, -0.2) is 37.7 Å². The highest BCUT2D eigenvalue weighted by Crippen LogP contribution is 2.35. The van der Waals surface area contributed by atoms with E-state index in [9.17, 15) is 0 Å². The van der Waals surface area contributed by atoms with Gasteiger partial charge in [-0.15, -0.1) is 0 Å². The van der Waals surface area contributed by atoms with Crippen molar-refractivity contribution in [3.05, 3.63) is 54.0 Å². The number of para-hydroxylation sites is 1. The first kappa shape index (κ1) is 23.0. The molecule has 9 nitrogen and oxygen atoms in total. The molecule has 0 bridgehead atoms. The zero-order chi connectivity index (χ0) is 24.4. The van der Waals surface area contributed by atoms with Crippen molar-refractivity contribution >= 4 is 22.9 Å². The summed E-state index contributed by atoms with van der Waals surface area (Å²) in [4.78, 5) is 18.6. The first-order chi connectivity index (χ1) is 17.0. The third-order valence-corrected chi connectivity index (χ3v) is 6.49. The van der Waals surface area contributed by atoms with Crippen LogP contribution in [0.1, 0.15) is 50.0 Å². The number of anilines is 2. The van der Waals surface area contributed by atoms with Crippen LogP contribution in [0.3, 0.4) is 0 Å². The number of nitrogen functional groups attached to an aromatic ring is 1. The van der Waals surface area contributed by atoms with Crippen LogP contribution < -0.4 is 21.5 Å². The van der Waals surface area contributed by atoms with Gasteiger partial charge in [-0.1, -0.05) is 31.0 Å². The molecule has 0 spiro atoms. The fourth-order valence-electron chi connectivity index (χ4n) is 4.87. The maximum absolute atomic E-state index is 6.14. The SMILES string of the molecule is COc1ccccc1-c1ccc(CNc2nc(N)nc3c2nc(CC(C)N)n3C2CCCC2)cn1. The Hall–Kier alpha value is -3.72. The fraction of sp³-hybridized carbons (Fsp3) is 0.385. The number of nitrogens with zero attached hydrogens (tertiary/aromatic N) is 5. The van der Waals surface area contributed by atoms with Crippen LogP contribution in [0, 0.1) is 0 Å². The summed E-state index contributed by atoms with van der Waals surface area (Å²) < 4.78 is 7.71. The van der Waals surface area contributed by atoms with E-state index in [4.69, 9.17) is 21.2 Å². The van der Waals surface area contributed by atoms with Crippen LogP contribution in [-0.2, 0) is 13.0 Å². The molecule has 1 aliphatic rings. The van der Waals surface area contributed by atoms with Gasteiger partial charge in [0.25, 0.3) is 0 Å². The number of fused-ring (bicyclic) bond motifs is 1. The van der Waals surface area contributed by atoms with Gasteiger partial charge in [0, 0.05) is 36.8 Å². The van der Waals surface area contributed by atoms with Crippen LogP contribution in [0.25, 0.3) is 22.4 Å². The molecule has 5 N–H and O–H groups in total. The Kier molecular flexibility index (Phi) is 6.50. The van der Waals surface area contributed by atoms with Gasteiger partial charge in [-0.3, -0.25) is 4.98 Å². The van der Waals surface area contributed by atoms with E-state index in [1.54, 1.807) is 7.11 Å². The number of nitrogens with one attached hydrogen (secondary N) is 1. The van der Waals surface area contributed by atoms with Gasteiger partial charge < -0.3 is 26.1 Å². The van der Waals surface area contributed by atoms with Crippen LogP contribution in [0.4, 0.5) is 11.8 Å². The molecule has 1 fully saturated rings. The first-order valence-electron chi connectivity index (χ1n) is 12.2. The summed E-state index contributed by atoms with van der Waals surface area (Å²) in [5, 5.41) is 3.41. The average Bonchev–Trinajstić information content (AvgIpc) is 3.50. The Morgan fingerprint density at radius 3 is 2.63 bits per heavy atom. The third kappa shape index (κ3) is 4.77. The number of rotatable bonds is 8. The summed E-state index contributed by atoms with van der Waals surface area (Å²) in [5.74, 6) is 2.61. The lowest BCUT2D eigenvalue weighted by Crippen LogP contribution is -2.21. The molecule has 3 aromatic heterocycles. The van der Waals surface area contributed by atoms with Crippen molar-refractivity contribution in [3.8, 4) is 17.0 Å². The Morgan fingerprint density at radius 2 is 1.91 bits per heavy atom. The molecule has 1 saturated carbocycles. The molecule has 3 heterocycles. The van der Waals surface area contributed by atoms with Crippen molar-refractivity contribution in [2.75, 3.05) is 18.2 Å². The number of pyridine rings is 1. The van der Waals surface area contributed by atoms with Crippen molar-refractivity contribution in [2.24, 2.45) is 5.73 Å². The summed E-state index contributed by atoms with van der Waals surface area (Å²) in [7, 11) is 1.67. The van der Waals surface area contributed by atoms with Crippen LogP contribution in [0.2, 0.25) is 0 Å². The first-order valence-corrected chi connectivity index (χ1v) is 12.2. The molecule has 9 heteroatoms. The van der Waals surface area contributed by atoms with Gasteiger partial charge >= 0.3 is 0 Å². The van der Waals surface area contributed by atoms with Crippen molar-refractivity contribution in [2.45, 2.75) is 57.7 Å². The molecule has 4 aromatic rings. The molecule has 1 atom stereocenters. The molecule has 0 saturated heterocycles. The second-order valence-corrected chi connectivity index (χ2v) is 9.23. The molecule has 182 valence electrons. The molecule has 0 amide bonds. The van der Waals surface area contributed by atoms with E-state index in [-0.39, 0.29) is 12.0 Å². The minimum Gasteiger partial charge on any atom is -0.496 e. The maximum Gasteiger partial charge on any atom is 0.224 e. The summed E-state index contributed by atoms with van der Waals surface area (Å²) in [6.07, 6.45) is 7.20. The number of hydrogen-bond acceptors (Lipinski definition) is 8. The lowest BCUT2D eigenvalue weighted by molar-refractivity contribution is 0.416. The molecule has 5 rings (SSSR count). The predicted molar refractivity (Wildman–Crippen MR) is 138 cm³/mol. The van der Waals surface area contributed by atoms with Crippen LogP contribution in [0.5, 0.6) is 5.75 Å². The van der Waals surface area contributed by atoms with Gasteiger partial charge in [0.05, 0.1) is 12.8 Å². The monoisotopic (exact) mass is 472 g/mol. The minimum absolute atomic E-state index is 0.00140. The normalized spacial score (nSPS) is 14.9. The minimum atomic E-state index is 0.00140. The summed E-state index contributed by atoms with van der Waals surface area (Å²) >= 11 is 0. The van der Waals surface area contributed by atoms with Crippen molar-refractivity contribution < 1.29 is 4.74 Å². The van der Waals surface area contributed by atoms with Gasteiger partial charge in [0.15, 0.2) is 17.0 Å². The molecule has 1 unspecified atom stereocenters. The van der Waals surface area contributed by atoms with Gasteiger partial charge in [0.1, 0.15) is 11.6 Å². The van der Waals surface area contributed by atoms with Crippen LogP contribution in [0.15, 0.2) is 42.6 Å². The van der Waals surface area contributed by atoms with Crippen molar-refractivity contribution in [1.82, 2.24) is 24.5 Å². The number of ether oxygens (including phenoxy) is 1. The second kappa shape index (κ2) is 9.87. The third-order valence-electron chi connectivity index (χ3n) is 6.49. The number of benzene rings is 1. The molecule has 35 heavy (non-hydrogen) atoms. The van der Waals surface area contributed by atoms with Gasteiger partial charge in [-0.05, 0) is 43.5 Å². The highest BCUT2D eigenvalue weighted by atomic mass is 16.5. The lowest BCUT2D eigenvalue weighted by atomic mass is 10.1. The predicted octanol–water partition coefficient (Wildman–Crippen LogP) is 4.10. The number of methoxy groups -OCH3 is 1. The summed E-state index contributed by atoms with van der Waals surface area (Å²) in [6, 6.07) is 12.3. The van der Waals surface area contributed by atoms with E-state index in [1.807, 2.05) is 49.5 Å².